The third-order valence-electron chi connectivity index (χ3n) is 4.07. The molecule has 1 aliphatic heterocycles. The van der Waals surface area contributed by atoms with Crippen LogP contribution in [0.15, 0.2) is 24.3 Å². The first-order chi connectivity index (χ1) is 9.60. The van der Waals surface area contributed by atoms with Crippen LogP contribution in [0.1, 0.15) is 18.9 Å². The monoisotopic (exact) mass is 276 g/mol. The largest absolute Gasteiger partial charge is 0.497 e. The Balaban J connectivity index is 1.85. The Morgan fingerprint density at radius 3 is 2.90 bits per heavy atom. The molecular formula is C16H24N2O2. The van der Waals surface area contributed by atoms with E-state index in [0.717, 1.165) is 37.4 Å². The summed E-state index contributed by atoms with van der Waals surface area (Å²) in [6.07, 6.45) is 1.35. The number of ether oxygens (including phenoxy) is 1. The molecule has 0 N–H and O–H groups in total. The topological polar surface area (TPSA) is 32.8 Å². The molecule has 1 atom stereocenters. The fourth-order valence-corrected chi connectivity index (χ4v) is 2.51. The van der Waals surface area contributed by atoms with E-state index in [1.54, 1.807) is 7.11 Å². The van der Waals surface area contributed by atoms with Crippen LogP contribution < -0.4 is 4.74 Å². The van der Waals surface area contributed by atoms with E-state index in [4.69, 9.17) is 4.74 Å². The van der Waals surface area contributed by atoms with Crippen molar-refractivity contribution in [3.63, 3.8) is 0 Å². The van der Waals surface area contributed by atoms with E-state index in [2.05, 4.69) is 18.9 Å². The van der Waals surface area contributed by atoms with Gasteiger partial charge in [0, 0.05) is 32.1 Å². The van der Waals surface area contributed by atoms with E-state index in [0.29, 0.717) is 12.5 Å². The van der Waals surface area contributed by atoms with Crippen LogP contribution in [0.3, 0.4) is 0 Å². The number of piperazine rings is 1. The number of hydrogen-bond donors (Lipinski definition) is 0. The van der Waals surface area contributed by atoms with Gasteiger partial charge >= 0.3 is 0 Å². The SMILES string of the molecule is COc1cccc(CCC(=O)N2CCN(C)C(C)C2)c1. The molecule has 0 aromatic heterocycles. The molecule has 4 heteroatoms. The third kappa shape index (κ3) is 3.73. The summed E-state index contributed by atoms with van der Waals surface area (Å²) >= 11 is 0. The highest BCUT2D eigenvalue weighted by Gasteiger charge is 2.23. The second-order valence-electron chi connectivity index (χ2n) is 5.52. The highest BCUT2D eigenvalue weighted by Crippen LogP contribution is 2.15. The van der Waals surface area contributed by atoms with E-state index >= 15 is 0 Å². The third-order valence-corrected chi connectivity index (χ3v) is 4.07. The van der Waals surface area contributed by atoms with Crippen LogP contribution in [0, 0.1) is 0 Å². The molecule has 1 unspecified atom stereocenters. The van der Waals surface area contributed by atoms with Gasteiger partial charge in [-0.1, -0.05) is 12.1 Å². The summed E-state index contributed by atoms with van der Waals surface area (Å²) in [4.78, 5) is 16.5. The first kappa shape index (κ1) is 14.9. The zero-order valence-electron chi connectivity index (χ0n) is 12.6. The van der Waals surface area contributed by atoms with E-state index in [1.165, 1.54) is 0 Å². The Labute approximate surface area is 121 Å². The van der Waals surface area contributed by atoms with Crippen molar-refractivity contribution >= 4 is 5.91 Å². The number of hydrogen-bond acceptors (Lipinski definition) is 3. The summed E-state index contributed by atoms with van der Waals surface area (Å²) < 4.78 is 5.20. The lowest BCUT2D eigenvalue weighted by molar-refractivity contribution is -0.133. The maximum atomic E-state index is 12.3. The molecule has 0 aliphatic carbocycles. The summed E-state index contributed by atoms with van der Waals surface area (Å²) in [6, 6.07) is 8.39. The summed E-state index contributed by atoms with van der Waals surface area (Å²) in [5, 5.41) is 0. The molecule has 1 amide bonds. The first-order valence-corrected chi connectivity index (χ1v) is 7.21. The number of amides is 1. The van der Waals surface area contributed by atoms with Gasteiger partial charge in [-0.05, 0) is 38.1 Å². The maximum absolute atomic E-state index is 12.3. The quantitative estimate of drug-likeness (QED) is 0.840. The fourth-order valence-electron chi connectivity index (χ4n) is 2.51. The smallest absolute Gasteiger partial charge is 0.222 e. The van der Waals surface area contributed by atoms with Gasteiger partial charge in [0.05, 0.1) is 7.11 Å². The summed E-state index contributed by atoms with van der Waals surface area (Å²) in [6.45, 7) is 4.82. The highest BCUT2D eigenvalue weighted by atomic mass is 16.5. The normalized spacial score (nSPS) is 19.9. The first-order valence-electron chi connectivity index (χ1n) is 7.21. The lowest BCUT2D eigenvalue weighted by Crippen LogP contribution is -2.52. The van der Waals surface area contributed by atoms with Crippen molar-refractivity contribution in [1.82, 2.24) is 9.80 Å². The molecule has 1 fully saturated rings. The van der Waals surface area contributed by atoms with Crippen LogP contribution in [0.4, 0.5) is 0 Å². The number of nitrogens with zero attached hydrogens (tertiary/aromatic N) is 2. The zero-order chi connectivity index (χ0) is 14.5. The van der Waals surface area contributed by atoms with Gasteiger partial charge < -0.3 is 14.5 Å². The summed E-state index contributed by atoms with van der Waals surface area (Å²) in [5.74, 6) is 1.11. The van der Waals surface area contributed by atoms with Gasteiger partial charge in [0.15, 0.2) is 0 Å². The van der Waals surface area contributed by atoms with E-state index in [9.17, 15) is 4.79 Å². The Hall–Kier alpha value is -1.55. The number of carbonyl (C=O) groups excluding carboxylic acids is 1. The number of methoxy groups -OCH3 is 1. The molecular weight excluding hydrogens is 252 g/mol. The van der Waals surface area contributed by atoms with E-state index in [1.807, 2.05) is 29.2 Å². The molecule has 1 saturated heterocycles. The fraction of sp³-hybridized carbons (Fsp3) is 0.562. The maximum Gasteiger partial charge on any atom is 0.222 e. The van der Waals surface area contributed by atoms with Crippen LogP contribution in [0.5, 0.6) is 5.75 Å². The highest BCUT2D eigenvalue weighted by molar-refractivity contribution is 5.76. The number of benzene rings is 1. The van der Waals surface area contributed by atoms with Gasteiger partial charge in [-0.3, -0.25) is 4.79 Å². The van der Waals surface area contributed by atoms with Crippen molar-refractivity contribution in [3.05, 3.63) is 29.8 Å². The molecule has 110 valence electrons. The Morgan fingerprint density at radius 1 is 1.40 bits per heavy atom. The Morgan fingerprint density at radius 2 is 2.20 bits per heavy atom. The van der Waals surface area contributed by atoms with Gasteiger partial charge in [-0.2, -0.15) is 0 Å². The molecule has 2 rings (SSSR count). The summed E-state index contributed by atoms with van der Waals surface area (Å²) in [5.41, 5.74) is 1.15. The number of aryl methyl sites for hydroxylation is 1. The number of likely N-dealkylation sites (N-methyl/N-ethyl adjacent to an activating group) is 1. The van der Waals surface area contributed by atoms with Crippen LogP contribution in [0.25, 0.3) is 0 Å². The second-order valence-corrected chi connectivity index (χ2v) is 5.52. The lowest BCUT2D eigenvalue weighted by atomic mass is 10.1. The predicted molar refractivity (Wildman–Crippen MR) is 80.0 cm³/mol. The minimum absolute atomic E-state index is 0.257. The molecule has 0 spiro atoms. The second kappa shape index (κ2) is 6.75. The van der Waals surface area contributed by atoms with Gasteiger partial charge in [-0.15, -0.1) is 0 Å². The van der Waals surface area contributed by atoms with Crippen LogP contribution >= 0.6 is 0 Å². The number of carbonyl (C=O) groups is 1. The molecule has 1 aromatic rings. The van der Waals surface area contributed by atoms with Crippen molar-refractivity contribution in [2.45, 2.75) is 25.8 Å². The van der Waals surface area contributed by atoms with Gasteiger partial charge in [0.25, 0.3) is 0 Å². The minimum atomic E-state index is 0.257. The molecule has 0 radical (unpaired) electrons. The molecule has 1 heterocycles. The Kier molecular flexibility index (Phi) is 5.01. The van der Waals surface area contributed by atoms with E-state index < -0.39 is 0 Å². The van der Waals surface area contributed by atoms with Crippen molar-refractivity contribution in [1.29, 1.82) is 0 Å². The van der Waals surface area contributed by atoms with Gasteiger partial charge in [0.1, 0.15) is 5.75 Å². The number of rotatable bonds is 4. The van der Waals surface area contributed by atoms with Gasteiger partial charge in [-0.25, -0.2) is 0 Å². The molecule has 1 aliphatic rings. The van der Waals surface area contributed by atoms with Crippen molar-refractivity contribution < 1.29 is 9.53 Å². The van der Waals surface area contributed by atoms with Crippen LogP contribution in [-0.4, -0.2) is 55.5 Å². The van der Waals surface area contributed by atoms with Crippen molar-refractivity contribution in [3.8, 4) is 5.75 Å². The standard InChI is InChI=1S/C16H24N2O2/c1-13-12-18(10-9-17(13)2)16(19)8-7-14-5-4-6-15(11-14)20-3/h4-6,11,13H,7-10,12H2,1-3H3. The lowest BCUT2D eigenvalue weighted by Gasteiger charge is -2.37. The average Bonchev–Trinajstić information content (AvgIpc) is 2.47. The molecule has 1 aromatic carbocycles. The summed E-state index contributed by atoms with van der Waals surface area (Å²) in [7, 11) is 3.78. The minimum Gasteiger partial charge on any atom is -0.497 e. The van der Waals surface area contributed by atoms with Crippen molar-refractivity contribution in [2.75, 3.05) is 33.8 Å². The van der Waals surface area contributed by atoms with Crippen LogP contribution in [-0.2, 0) is 11.2 Å². The van der Waals surface area contributed by atoms with E-state index in [-0.39, 0.29) is 5.91 Å². The van der Waals surface area contributed by atoms with Crippen LogP contribution in [0.2, 0.25) is 0 Å². The molecule has 0 saturated carbocycles. The van der Waals surface area contributed by atoms with Crippen molar-refractivity contribution in [2.24, 2.45) is 0 Å². The average molecular weight is 276 g/mol. The zero-order valence-corrected chi connectivity index (χ0v) is 12.6. The predicted octanol–water partition coefficient (Wildman–Crippen LogP) is 1.79. The van der Waals surface area contributed by atoms with Gasteiger partial charge in [0.2, 0.25) is 5.91 Å². The molecule has 0 bridgehead atoms. The Bertz CT molecular complexity index is 462. The molecule has 4 nitrogen and oxygen atoms in total. The molecule has 20 heavy (non-hydrogen) atoms.